The number of benzene rings is 6. The van der Waals surface area contributed by atoms with Gasteiger partial charge in [0.2, 0.25) is 0 Å². The number of aromatic amines is 1. The van der Waals surface area contributed by atoms with Gasteiger partial charge in [0, 0.05) is 45.3 Å². The average molecular weight is 684 g/mol. The average Bonchev–Trinajstić information content (AvgIpc) is 3.59. The van der Waals surface area contributed by atoms with Crippen molar-refractivity contribution >= 4 is 56.2 Å². The predicted molar refractivity (Wildman–Crippen MR) is 212 cm³/mol. The zero-order chi connectivity index (χ0) is 34.9. The van der Waals surface area contributed by atoms with Crippen LogP contribution in [-0.4, -0.2) is 15.0 Å². The summed E-state index contributed by atoms with van der Waals surface area (Å²) in [5.41, 5.74) is 10.3. The number of pyridine rings is 2. The molecule has 6 aromatic carbocycles. The third-order valence-electron chi connectivity index (χ3n) is 10.1. The molecular formula is C46H29N5O2. The second-order valence-corrected chi connectivity index (χ2v) is 13.2. The van der Waals surface area contributed by atoms with E-state index in [1.165, 1.54) is 0 Å². The number of anilines is 6. The van der Waals surface area contributed by atoms with E-state index in [1.54, 1.807) is 0 Å². The van der Waals surface area contributed by atoms with Crippen LogP contribution in [0.1, 0.15) is 0 Å². The second-order valence-electron chi connectivity index (χ2n) is 13.2. The van der Waals surface area contributed by atoms with E-state index >= 15 is 0 Å². The van der Waals surface area contributed by atoms with E-state index in [2.05, 4.69) is 99.7 Å². The number of ether oxygens (including phenoxy) is 2. The van der Waals surface area contributed by atoms with E-state index in [9.17, 15) is 0 Å². The van der Waals surface area contributed by atoms with Crippen LogP contribution < -0.4 is 19.3 Å². The zero-order valence-corrected chi connectivity index (χ0v) is 28.3. The SMILES string of the molecule is c1ccc2c(c1)Oc1ccccc1N2c1ccc(-c2ccc3[nH]c4ccc(-c5ccc(N6c7ccccc7Oc7ccccc76)nc5)cc4c3c2)cn1. The summed E-state index contributed by atoms with van der Waals surface area (Å²) in [4.78, 5) is 17.9. The lowest BCUT2D eigenvalue weighted by Crippen LogP contribution is -2.16. The third kappa shape index (κ3) is 4.75. The first-order valence-electron chi connectivity index (χ1n) is 17.6. The number of H-pyrrole nitrogens is 1. The number of hydrogen-bond donors (Lipinski definition) is 1. The fourth-order valence-corrected chi connectivity index (χ4v) is 7.54. The lowest BCUT2D eigenvalue weighted by Gasteiger charge is -2.31. The van der Waals surface area contributed by atoms with E-state index < -0.39 is 0 Å². The zero-order valence-electron chi connectivity index (χ0n) is 28.3. The number of fused-ring (bicyclic) bond motifs is 7. The number of aromatic nitrogens is 3. The Bertz CT molecular complexity index is 2580. The van der Waals surface area contributed by atoms with Crippen LogP contribution in [0.2, 0.25) is 0 Å². The van der Waals surface area contributed by atoms with Gasteiger partial charge in [0.05, 0.1) is 22.7 Å². The summed E-state index contributed by atoms with van der Waals surface area (Å²) in [5, 5.41) is 2.32. The smallest absolute Gasteiger partial charge is 0.151 e. The highest BCUT2D eigenvalue weighted by atomic mass is 16.5. The third-order valence-corrected chi connectivity index (χ3v) is 10.1. The summed E-state index contributed by atoms with van der Waals surface area (Å²) in [5.74, 6) is 4.89. The lowest BCUT2D eigenvalue weighted by molar-refractivity contribution is 0.476. The standard InChI is InChI=1S/C46H29N5O2/c1-5-13-41-37(9-1)50(38-10-2-6-14-42(38)52-41)45-23-19-31(27-47-45)29-17-21-35-33(25-29)34-26-30(18-22-36(34)49-35)32-20-24-46(48-28-32)51-39-11-3-7-15-43(39)53-44-16-8-4-12-40(44)51/h1-28,49H. The number of nitrogens with zero attached hydrogens (tertiary/aromatic N) is 4. The van der Waals surface area contributed by atoms with E-state index in [0.717, 1.165) is 101 Å². The van der Waals surface area contributed by atoms with Crippen LogP contribution in [0.4, 0.5) is 34.4 Å². The Hall–Kier alpha value is -7.38. The molecule has 0 saturated carbocycles. The first-order valence-corrected chi connectivity index (χ1v) is 17.6. The molecule has 250 valence electrons. The maximum absolute atomic E-state index is 6.20. The Kier molecular flexibility index (Phi) is 6.42. The van der Waals surface area contributed by atoms with Gasteiger partial charge in [-0.3, -0.25) is 9.80 Å². The molecule has 0 bridgehead atoms. The van der Waals surface area contributed by atoms with Crippen molar-refractivity contribution in [2.75, 3.05) is 9.80 Å². The highest BCUT2D eigenvalue weighted by Gasteiger charge is 2.27. The quantitative estimate of drug-likeness (QED) is 0.199. The monoisotopic (exact) mass is 683 g/mol. The van der Waals surface area contributed by atoms with Gasteiger partial charge >= 0.3 is 0 Å². The van der Waals surface area contributed by atoms with Gasteiger partial charge in [-0.15, -0.1) is 0 Å². The van der Waals surface area contributed by atoms with Crippen molar-refractivity contribution in [3.63, 3.8) is 0 Å². The molecule has 11 rings (SSSR count). The van der Waals surface area contributed by atoms with Crippen LogP contribution in [-0.2, 0) is 0 Å². The largest absolute Gasteiger partial charge is 0.453 e. The molecule has 7 heteroatoms. The molecule has 0 unspecified atom stereocenters. The topological polar surface area (TPSA) is 66.5 Å². The maximum Gasteiger partial charge on any atom is 0.151 e. The van der Waals surface area contributed by atoms with Crippen molar-refractivity contribution in [2.45, 2.75) is 0 Å². The molecule has 53 heavy (non-hydrogen) atoms. The molecule has 0 saturated heterocycles. The highest BCUT2D eigenvalue weighted by Crippen LogP contribution is 2.51. The normalized spacial score (nSPS) is 12.8. The van der Waals surface area contributed by atoms with Crippen molar-refractivity contribution in [1.29, 1.82) is 0 Å². The van der Waals surface area contributed by atoms with Gasteiger partial charge in [-0.1, -0.05) is 60.7 Å². The van der Waals surface area contributed by atoms with E-state index in [0.29, 0.717) is 0 Å². The molecule has 7 nitrogen and oxygen atoms in total. The molecular weight excluding hydrogens is 655 g/mol. The Morgan fingerprint density at radius 3 is 1.09 bits per heavy atom. The first kappa shape index (κ1) is 29.4. The minimum absolute atomic E-state index is 0.807. The van der Waals surface area contributed by atoms with Crippen LogP contribution >= 0.6 is 0 Å². The van der Waals surface area contributed by atoms with E-state index in [-0.39, 0.29) is 0 Å². The van der Waals surface area contributed by atoms with Crippen molar-refractivity contribution in [2.24, 2.45) is 0 Å². The van der Waals surface area contributed by atoms with Crippen LogP contribution in [0.25, 0.3) is 44.1 Å². The lowest BCUT2D eigenvalue weighted by atomic mass is 10.0. The number of rotatable bonds is 4. The second kappa shape index (κ2) is 11.6. The summed E-state index contributed by atoms with van der Waals surface area (Å²) < 4.78 is 12.4. The molecule has 0 fully saturated rings. The maximum atomic E-state index is 6.20. The predicted octanol–water partition coefficient (Wildman–Crippen LogP) is 12.6. The van der Waals surface area contributed by atoms with Gasteiger partial charge in [-0.2, -0.15) is 0 Å². The van der Waals surface area contributed by atoms with Crippen molar-refractivity contribution in [3.05, 3.63) is 170 Å². The summed E-state index contributed by atoms with van der Waals surface area (Å²) >= 11 is 0. The molecule has 9 aromatic rings. The number of hydrogen-bond acceptors (Lipinski definition) is 6. The molecule has 2 aliphatic heterocycles. The van der Waals surface area contributed by atoms with Gasteiger partial charge in [-0.05, 0) is 108 Å². The Labute approximate surface area is 305 Å². The molecule has 5 heterocycles. The Balaban J connectivity index is 0.926. The Morgan fingerprint density at radius 2 is 0.736 bits per heavy atom. The first-order chi connectivity index (χ1) is 26.2. The van der Waals surface area contributed by atoms with E-state index in [1.807, 2.05) is 85.2 Å². The Morgan fingerprint density at radius 1 is 0.377 bits per heavy atom. The molecule has 0 aliphatic carbocycles. The summed E-state index contributed by atoms with van der Waals surface area (Å²) in [6.07, 6.45) is 3.91. The van der Waals surface area contributed by atoms with Gasteiger partial charge in [0.15, 0.2) is 23.0 Å². The van der Waals surface area contributed by atoms with Crippen molar-refractivity contribution in [1.82, 2.24) is 15.0 Å². The molecule has 3 aromatic heterocycles. The molecule has 0 radical (unpaired) electrons. The molecule has 0 spiro atoms. The minimum atomic E-state index is 0.807. The molecule has 0 atom stereocenters. The molecule has 2 aliphatic rings. The van der Waals surface area contributed by atoms with Crippen LogP contribution in [0.5, 0.6) is 23.0 Å². The summed E-state index contributed by atoms with van der Waals surface area (Å²) in [6.45, 7) is 0. The number of nitrogens with one attached hydrogen (secondary N) is 1. The summed E-state index contributed by atoms with van der Waals surface area (Å²) in [7, 11) is 0. The summed E-state index contributed by atoms with van der Waals surface area (Å²) in [6, 6.07) is 53.8. The van der Waals surface area contributed by atoms with Gasteiger partial charge in [0.1, 0.15) is 11.6 Å². The van der Waals surface area contributed by atoms with Crippen molar-refractivity contribution in [3.8, 4) is 45.3 Å². The van der Waals surface area contributed by atoms with Crippen LogP contribution in [0.3, 0.4) is 0 Å². The van der Waals surface area contributed by atoms with Crippen LogP contribution in [0.15, 0.2) is 170 Å². The van der Waals surface area contributed by atoms with E-state index in [4.69, 9.17) is 19.4 Å². The van der Waals surface area contributed by atoms with Crippen LogP contribution in [0, 0.1) is 0 Å². The number of para-hydroxylation sites is 8. The minimum Gasteiger partial charge on any atom is -0.453 e. The molecule has 0 amide bonds. The highest BCUT2D eigenvalue weighted by molar-refractivity contribution is 6.09. The van der Waals surface area contributed by atoms with Gasteiger partial charge < -0.3 is 14.5 Å². The molecule has 1 N–H and O–H groups in total. The van der Waals surface area contributed by atoms with Crippen molar-refractivity contribution < 1.29 is 9.47 Å². The van der Waals surface area contributed by atoms with Gasteiger partial charge in [0.25, 0.3) is 0 Å². The fraction of sp³-hybridized carbons (Fsp3) is 0. The van der Waals surface area contributed by atoms with Gasteiger partial charge in [-0.25, -0.2) is 9.97 Å². The fourth-order valence-electron chi connectivity index (χ4n) is 7.54.